The summed E-state index contributed by atoms with van der Waals surface area (Å²) in [4.78, 5) is 18.6. The Hall–Kier alpha value is -1.82. The fourth-order valence-electron chi connectivity index (χ4n) is 2.74. The van der Waals surface area contributed by atoms with Gasteiger partial charge < -0.3 is 19.7 Å². The zero-order chi connectivity index (χ0) is 17.2. The van der Waals surface area contributed by atoms with Gasteiger partial charge in [-0.1, -0.05) is 19.4 Å². The average Bonchev–Trinajstić information content (AvgIpc) is 2.60. The van der Waals surface area contributed by atoms with E-state index in [1.807, 2.05) is 25.1 Å². The summed E-state index contributed by atoms with van der Waals surface area (Å²) in [5.74, 6) is 1.59. The lowest BCUT2D eigenvalue weighted by Gasteiger charge is -2.33. The first-order valence-corrected chi connectivity index (χ1v) is 8.94. The average molecular weight is 335 g/mol. The highest BCUT2D eigenvalue weighted by Gasteiger charge is 2.21. The van der Waals surface area contributed by atoms with Crippen molar-refractivity contribution in [2.45, 2.75) is 45.6 Å². The molecule has 1 aliphatic heterocycles. The molecular weight excluding hydrogens is 306 g/mol. The molecule has 0 spiro atoms. The molecule has 134 valence electrons. The van der Waals surface area contributed by atoms with Gasteiger partial charge in [0.2, 0.25) is 11.8 Å². The highest BCUT2D eigenvalue weighted by atomic mass is 16.5. The van der Waals surface area contributed by atoms with Gasteiger partial charge in [0.25, 0.3) is 0 Å². The first-order valence-electron chi connectivity index (χ1n) is 8.94. The van der Waals surface area contributed by atoms with Crippen molar-refractivity contribution in [3.63, 3.8) is 0 Å². The van der Waals surface area contributed by atoms with Gasteiger partial charge in [-0.25, -0.2) is 0 Å². The third-order valence-electron chi connectivity index (χ3n) is 4.06. The summed E-state index contributed by atoms with van der Waals surface area (Å²) in [5, 5.41) is 3.06. The van der Waals surface area contributed by atoms with Crippen LogP contribution in [0, 0.1) is 0 Å². The van der Waals surface area contributed by atoms with Crippen LogP contribution in [0.1, 0.15) is 39.5 Å². The number of pyridine rings is 1. The van der Waals surface area contributed by atoms with E-state index in [-0.39, 0.29) is 18.6 Å². The van der Waals surface area contributed by atoms with Crippen molar-refractivity contribution in [1.82, 2.24) is 10.3 Å². The Labute approximate surface area is 144 Å². The summed E-state index contributed by atoms with van der Waals surface area (Å²) in [6.07, 6.45) is 3.92. The summed E-state index contributed by atoms with van der Waals surface area (Å²) < 4.78 is 10.8. The Morgan fingerprint density at radius 2 is 2.12 bits per heavy atom. The number of hydrogen-bond donors (Lipinski definition) is 1. The summed E-state index contributed by atoms with van der Waals surface area (Å²) >= 11 is 0. The number of hydrogen-bond acceptors (Lipinski definition) is 5. The van der Waals surface area contributed by atoms with Gasteiger partial charge in [-0.05, 0) is 32.3 Å². The zero-order valence-electron chi connectivity index (χ0n) is 14.8. The fourth-order valence-corrected chi connectivity index (χ4v) is 2.74. The van der Waals surface area contributed by atoms with E-state index in [0.717, 1.165) is 44.6 Å². The van der Waals surface area contributed by atoms with Gasteiger partial charge in [-0.2, -0.15) is 4.98 Å². The van der Waals surface area contributed by atoms with E-state index < -0.39 is 0 Å². The third-order valence-corrected chi connectivity index (χ3v) is 4.06. The van der Waals surface area contributed by atoms with E-state index >= 15 is 0 Å². The molecule has 6 heteroatoms. The van der Waals surface area contributed by atoms with Crippen LogP contribution in [-0.4, -0.2) is 49.8 Å². The topological polar surface area (TPSA) is 63.7 Å². The Morgan fingerprint density at radius 1 is 1.33 bits per heavy atom. The van der Waals surface area contributed by atoms with Crippen LogP contribution in [0.5, 0.6) is 5.88 Å². The third kappa shape index (κ3) is 6.00. The van der Waals surface area contributed by atoms with E-state index in [1.165, 1.54) is 0 Å². The number of piperidine rings is 1. The molecule has 0 aliphatic carbocycles. The number of carbonyl (C=O) groups excluding carboxylic acids is 1. The second kappa shape index (κ2) is 10.1. The molecule has 24 heavy (non-hydrogen) atoms. The molecule has 1 fully saturated rings. The van der Waals surface area contributed by atoms with Crippen LogP contribution in [0.4, 0.5) is 5.82 Å². The normalized spacial score (nSPS) is 15.3. The second-order valence-electron chi connectivity index (χ2n) is 6.00. The summed E-state index contributed by atoms with van der Waals surface area (Å²) in [7, 11) is 0. The van der Waals surface area contributed by atoms with Crippen molar-refractivity contribution < 1.29 is 14.3 Å². The van der Waals surface area contributed by atoms with Crippen LogP contribution < -0.4 is 15.0 Å². The molecule has 2 heterocycles. The minimum Gasteiger partial charge on any atom is -0.478 e. The molecule has 1 aromatic heterocycles. The summed E-state index contributed by atoms with van der Waals surface area (Å²) in [6.45, 7) is 7.26. The molecule has 0 atom stereocenters. The quantitative estimate of drug-likeness (QED) is 0.702. The van der Waals surface area contributed by atoms with Crippen LogP contribution in [0.2, 0.25) is 0 Å². The number of anilines is 1. The molecule has 1 aliphatic rings. The molecule has 1 saturated heterocycles. The minimum absolute atomic E-state index is 0.0129. The van der Waals surface area contributed by atoms with E-state index in [0.29, 0.717) is 19.1 Å². The summed E-state index contributed by atoms with van der Waals surface area (Å²) in [5.41, 5.74) is 0. The van der Waals surface area contributed by atoms with Gasteiger partial charge in [-0.3, -0.25) is 4.79 Å². The highest BCUT2D eigenvalue weighted by molar-refractivity contribution is 5.77. The molecule has 0 aromatic carbocycles. The summed E-state index contributed by atoms with van der Waals surface area (Å²) in [6, 6.07) is 6.06. The Balaban J connectivity index is 1.73. The molecule has 6 nitrogen and oxygen atoms in total. The first-order chi connectivity index (χ1) is 11.7. The van der Waals surface area contributed by atoms with Crippen LogP contribution in [0.25, 0.3) is 0 Å². The van der Waals surface area contributed by atoms with E-state index in [9.17, 15) is 4.79 Å². The molecule has 1 N–H and O–H groups in total. The van der Waals surface area contributed by atoms with Gasteiger partial charge in [0.1, 0.15) is 12.4 Å². The lowest BCUT2D eigenvalue weighted by molar-refractivity contribution is -0.126. The van der Waals surface area contributed by atoms with E-state index in [4.69, 9.17) is 9.47 Å². The van der Waals surface area contributed by atoms with Gasteiger partial charge in [0, 0.05) is 31.8 Å². The van der Waals surface area contributed by atoms with Gasteiger partial charge in [0.05, 0.1) is 6.61 Å². The SMILES string of the molecule is CCCCOCC(=O)NC1CCN(c2cccc(OCC)n2)CC1. The number of nitrogens with one attached hydrogen (secondary N) is 1. The minimum atomic E-state index is -0.0129. The lowest BCUT2D eigenvalue weighted by Crippen LogP contribution is -2.45. The number of ether oxygens (including phenoxy) is 2. The predicted molar refractivity (Wildman–Crippen MR) is 94.5 cm³/mol. The maximum atomic E-state index is 11.9. The van der Waals surface area contributed by atoms with Crippen LogP contribution in [0.3, 0.4) is 0 Å². The number of amides is 1. The number of aromatic nitrogens is 1. The van der Waals surface area contributed by atoms with Crippen molar-refractivity contribution in [3.05, 3.63) is 18.2 Å². The van der Waals surface area contributed by atoms with Crippen molar-refractivity contribution in [2.75, 3.05) is 37.8 Å². The second-order valence-corrected chi connectivity index (χ2v) is 6.00. The van der Waals surface area contributed by atoms with Crippen molar-refractivity contribution in [1.29, 1.82) is 0 Å². The van der Waals surface area contributed by atoms with Crippen molar-refractivity contribution in [3.8, 4) is 5.88 Å². The molecule has 2 rings (SSSR count). The maximum absolute atomic E-state index is 11.9. The number of unbranched alkanes of at least 4 members (excludes halogenated alkanes) is 1. The number of carbonyl (C=O) groups is 1. The fraction of sp³-hybridized carbons (Fsp3) is 0.667. The molecular formula is C18H29N3O3. The lowest BCUT2D eigenvalue weighted by atomic mass is 10.1. The van der Waals surface area contributed by atoms with Crippen LogP contribution >= 0.6 is 0 Å². The molecule has 0 radical (unpaired) electrons. The molecule has 0 unspecified atom stereocenters. The van der Waals surface area contributed by atoms with Gasteiger partial charge in [0.15, 0.2) is 0 Å². The van der Waals surface area contributed by atoms with Crippen LogP contribution in [-0.2, 0) is 9.53 Å². The predicted octanol–water partition coefficient (Wildman–Crippen LogP) is 2.38. The molecule has 1 amide bonds. The Kier molecular flexibility index (Phi) is 7.82. The van der Waals surface area contributed by atoms with Gasteiger partial charge in [-0.15, -0.1) is 0 Å². The Morgan fingerprint density at radius 3 is 2.83 bits per heavy atom. The van der Waals surface area contributed by atoms with Crippen LogP contribution in [0.15, 0.2) is 18.2 Å². The molecule has 0 saturated carbocycles. The van der Waals surface area contributed by atoms with E-state index in [1.54, 1.807) is 0 Å². The molecule has 0 bridgehead atoms. The van der Waals surface area contributed by atoms with E-state index in [2.05, 4.69) is 22.1 Å². The first kappa shape index (κ1) is 18.5. The maximum Gasteiger partial charge on any atom is 0.246 e. The number of rotatable bonds is 9. The highest BCUT2D eigenvalue weighted by Crippen LogP contribution is 2.20. The van der Waals surface area contributed by atoms with Crippen molar-refractivity contribution >= 4 is 11.7 Å². The monoisotopic (exact) mass is 335 g/mol. The van der Waals surface area contributed by atoms with Gasteiger partial charge >= 0.3 is 0 Å². The largest absolute Gasteiger partial charge is 0.478 e. The smallest absolute Gasteiger partial charge is 0.246 e. The Bertz CT molecular complexity index is 502. The zero-order valence-corrected chi connectivity index (χ0v) is 14.8. The standard InChI is InChI=1S/C18H29N3O3/c1-3-5-13-23-14-17(22)19-15-9-11-21(12-10-15)16-7-6-8-18(20-16)24-4-2/h6-8,15H,3-5,9-14H2,1-2H3,(H,19,22). The number of nitrogens with zero attached hydrogens (tertiary/aromatic N) is 2. The van der Waals surface area contributed by atoms with Crippen molar-refractivity contribution in [2.24, 2.45) is 0 Å². The molecule has 1 aromatic rings.